The first-order valence-corrected chi connectivity index (χ1v) is 33.5. The number of unbranched alkanes of at least 4 members (excludes halogenated alkanes) is 45. The predicted octanol–water partition coefficient (Wildman–Crippen LogP) is 22.8. The molecule has 6 nitrogen and oxygen atoms in total. The Hall–Kier alpha value is -2.37. The first kappa shape index (κ1) is 72.6. The molecule has 0 aromatic heterocycles. The van der Waals surface area contributed by atoms with Crippen molar-refractivity contribution >= 4 is 17.9 Å². The Morgan fingerprint density at radius 1 is 0.267 bits per heavy atom. The van der Waals surface area contributed by atoms with Crippen LogP contribution in [-0.4, -0.2) is 37.2 Å². The van der Waals surface area contributed by atoms with Crippen molar-refractivity contribution < 1.29 is 28.6 Å². The molecular formula is C69H128O6. The summed E-state index contributed by atoms with van der Waals surface area (Å²) in [5.74, 6) is -0.853. The molecule has 0 aliphatic heterocycles. The lowest BCUT2D eigenvalue weighted by Crippen LogP contribution is -2.30. The maximum atomic E-state index is 12.9. The Morgan fingerprint density at radius 3 is 0.773 bits per heavy atom. The molecule has 0 rings (SSSR count). The second kappa shape index (κ2) is 64.2. The fourth-order valence-electron chi connectivity index (χ4n) is 10.1. The Labute approximate surface area is 467 Å². The standard InChI is InChI=1S/C69H128O6/c1-4-7-10-13-16-19-22-25-28-31-32-33-34-35-36-39-41-44-47-50-53-56-59-62-68(71)74-65-66(75-69(72)63-60-57-54-51-48-45-42-38-30-27-24-21-18-15-12-9-6-3)64-73-67(70)61-58-55-52-49-46-43-40-37-29-26-23-20-17-14-11-8-5-2/h18,21,27,30-32,66H,4-17,19-20,22-26,28-29,33-65H2,1-3H3/b21-18-,30-27-,32-31-. The van der Waals surface area contributed by atoms with Gasteiger partial charge in [-0.1, -0.05) is 308 Å². The molecule has 1 atom stereocenters. The molecule has 0 N–H and O–H groups in total. The Morgan fingerprint density at radius 2 is 0.480 bits per heavy atom. The topological polar surface area (TPSA) is 78.9 Å². The Kier molecular flexibility index (Phi) is 62.1. The number of rotatable bonds is 62. The number of carbonyl (C=O) groups is 3. The van der Waals surface area contributed by atoms with E-state index >= 15 is 0 Å². The summed E-state index contributed by atoms with van der Waals surface area (Å²) in [5, 5.41) is 0. The lowest BCUT2D eigenvalue weighted by molar-refractivity contribution is -0.167. The highest BCUT2D eigenvalue weighted by Crippen LogP contribution is 2.18. The predicted molar refractivity (Wildman–Crippen MR) is 326 cm³/mol. The van der Waals surface area contributed by atoms with Gasteiger partial charge in [0.1, 0.15) is 13.2 Å². The molecule has 0 bridgehead atoms. The molecule has 440 valence electrons. The van der Waals surface area contributed by atoms with Gasteiger partial charge in [0, 0.05) is 19.3 Å². The molecule has 0 saturated heterocycles. The smallest absolute Gasteiger partial charge is 0.306 e. The fourth-order valence-corrected chi connectivity index (χ4v) is 10.1. The van der Waals surface area contributed by atoms with Crippen LogP contribution in [0.25, 0.3) is 0 Å². The van der Waals surface area contributed by atoms with Gasteiger partial charge in [-0.05, 0) is 77.0 Å². The third-order valence-electron chi connectivity index (χ3n) is 15.1. The van der Waals surface area contributed by atoms with Crippen LogP contribution < -0.4 is 0 Å². The van der Waals surface area contributed by atoms with Crippen molar-refractivity contribution in [2.24, 2.45) is 0 Å². The van der Waals surface area contributed by atoms with Crippen molar-refractivity contribution in [3.63, 3.8) is 0 Å². The second-order valence-electron chi connectivity index (χ2n) is 22.7. The quantitative estimate of drug-likeness (QED) is 0.0261. The van der Waals surface area contributed by atoms with Crippen LogP contribution in [0, 0.1) is 0 Å². The molecule has 0 aromatic rings. The molecule has 0 fully saturated rings. The van der Waals surface area contributed by atoms with Gasteiger partial charge in [0.25, 0.3) is 0 Å². The Bertz CT molecular complexity index is 1250. The van der Waals surface area contributed by atoms with Crippen LogP contribution in [0.3, 0.4) is 0 Å². The zero-order valence-electron chi connectivity index (χ0n) is 50.6. The molecule has 0 aromatic carbocycles. The van der Waals surface area contributed by atoms with Crippen LogP contribution in [0.2, 0.25) is 0 Å². The lowest BCUT2D eigenvalue weighted by Gasteiger charge is -2.18. The largest absolute Gasteiger partial charge is 0.462 e. The summed E-state index contributed by atoms with van der Waals surface area (Å²) in [6.45, 7) is 6.68. The summed E-state index contributed by atoms with van der Waals surface area (Å²) in [6, 6.07) is 0. The first-order chi connectivity index (χ1) is 37.0. The van der Waals surface area contributed by atoms with Gasteiger partial charge in [-0.3, -0.25) is 14.4 Å². The normalized spacial score (nSPS) is 12.2. The molecule has 0 heterocycles. The van der Waals surface area contributed by atoms with E-state index in [1.54, 1.807) is 0 Å². The van der Waals surface area contributed by atoms with Gasteiger partial charge in [0.2, 0.25) is 0 Å². The number of ether oxygens (including phenoxy) is 3. The fraction of sp³-hybridized carbons (Fsp3) is 0.870. The highest BCUT2D eigenvalue weighted by atomic mass is 16.6. The average Bonchev–Trinajstić information content (AvgIpc) is 3.41. The molecule has 0 spiro atoms. The third kappa shape index (κ3) is 62.4. The van der Waals surface area contributed by atoms with E-state index < -0.39 is 6.10 Å². The minimum atomic E-state index is -0.775. The van der Waals surface area contributed by atoms with Gasteiger partial charge >= 0.3 is 17.9 Å². The van der Waals surface area contributed by atoms with Crippen LogP contribution in [0.5, 0.6) is 0 Å². The molecule has 1 unspecified atom stereocenters. The van der Waals surface area contributed by atoms with Crippen molar-refractivity contribution in [2.75, 3.05) is 13.2 Å². The minimum Gasteiger partial charge on any atom is -0.462 e. The number of hydrogen-bond donors (Lipinski definition) is 0. The molecule has 0 aliphatic rings. The number of esters is 3. The average molecular weight is 1050 g/mol. The van der Waals surface area contributed by atoms with E-state index in [1.165, 1.54) is 257 Å². The van der Waals surface area contributed by atoms with Crippen molar-refractivity contribution in [3.05, 3.63) is 36.5 Å². The van der Waals surface area contributed by atoms with Crippen LogP contribution in [0.4, 0.5) is 0 Å². The molecule has 0 radical (unpaired) electrons. The maximum absolute atomic E-state index is 12.9. The van der Waals surface area contributed by atoms with Crippen LogP contribution in [-0.2, 0) is 28.6 Å². The third-order valence-corrected chi connectivity index (χ3v) is 15.1. The number of hydrogen-bond acceptors (Lipinski definition) is 6. The summed E-state index contributed by atoms with van der Waals surface area (Å²) in [7, 11) is 0. The van der Waals surface area contributed by atoms with E-state index in [4.69, 9.17) is 14.2 Å². The molecule has 6 heteroatoms. The maximum Gasteiger partial charge on any atom is 0.306 e. The molecule has 0 amide bonds. The van der Waals surface area contributed by atoms with Gasteiger partial charge in [-0.25, -0.2) is 0 Å². The highest BCUT2D eigenvalue weighted by molar-refractivity contribution is 5.71. The summed E-state index contributed by atoms with van der Waals surface area (Å²) in [4.78, 5) is 38.4. The molecular weight excluding hydrogens is 925 g/mol. The zero-order chi connectivity index (χ0) is 54.3. The summed E-state index contributed by atoms with van der Waals surface area (Å²) < 4.78 is 17.0. The van der Waals surface area contributed by atoms with Crippen LogP contribution in [0.15, 0.2) is 36.5 Å². The van der Waals surface area contributed by atoms with E-state index in [9.17, 15) is 14.4 Å². The summed E-state index contributed by atoms with van der Waals surface area (Å²) >= 11 is 0. The number of allylic oxidation sites excluding steroid dienone is 6. The van der Waals surface area contributed by atoms with Crippen LogP contribution >= 0.6 is 0 Å². The van der Waals surface area contributed by atoms with Gasteiger partial charge in [0.05, 0.1) is 0 Å². The second-order valence-corrected chi connectivity index (χ2v) is 22.7. The van der Waals surface area contributed by atoms with E-state index in [0.717, 1.165) is 70.6 Å². The zero-order valence-corrected chi connectivity index (χ0v) is 50.6. The molecule has 0 aliphatic carbocycles. The van der Waals surface area contributed by atoms with Crippen LogP contribution in [0.1, 0.15) is 367 Å². The van der Waals surface area contributed by atoms with Gasteiger partial charge in [0.15, 0.2) is 6.10 Å². The van der Waals surface area contributed by atoms with E-state index in [-0.39, 0.29) is 31.1 Å². The van der Waals surface area contributed by atoms with E-state index in [0.29, 0.717) is 19.3 Å². The molecule has 0 saturated carbocycles. The first-order valence-electron chi connectivity index (χ1n) is 33.5. The van der Waals surface area contributed by atoms with Crippen molar-refractivity contribution in [1.29, 1.82) is 0 Å². The Balaban J connectivity index is 4.30. The van der Waals surface area contributed by atoms with Crippen molar-refractivity contribution in [1.82, 2.24) is 0 Å². The van der Waals surface area contributed by atoms with E-state index in [1.807, 2.05) is 0 Å². The monoisotopic (exact) mass is 1050 g/mol. The minimum absolute atomic E-state index is 0.0709. The van der Waals surface area contributed by atoms with Gasteiger partial charge < -0.3 is 14.2 Å². The van der Waals surface area contributed by atoms with E-state index in [2.05, 4.69) is 57.2 Å². The van der Waals surface area contributed by atoms with Crippen molar-refractivity contribution in [3.8, 4) is 0 Å². The summed E-state index contributed by atoms with van der Waals surface area (Å²) in [5.41, 5.74) is 0. The lowest BCUT2D eigenvalue weighted by atomic mass is 10.0. The van der Waals surface area contributed by atoms with Gasteiger partial charge in [-0.2, -0.15) is 0 Å². The number of carbonyl (C=O) groups excluding carboxylic acids is 3. The van der Waals surface area contributed by atoms with Gasteiger partial charge in [-0.15, -0.1) is 0 Å². The summed E-state index contributed by atoms with van der Waals surface area (Å²) in [6.07, 6.45) is 78.7. The molecule has 75 heavy (non-hydrogen) atoms. The highest BCUT2D eigenvalue weighted by Gasteiger charge is 2.19. The SMILES string of the molecule is CCCCC/C=C\C/C=C\CCCCCCCCCC(=O)OC(COC(=O)CCCCCCCCCCCCC/C=C\CCCCCCCCCC)COC(=O)CCCCCCCCCCCCCCCCCCC. The van der Waals surface area contributed by atoms with Crippen molar-refractivity contribution in [2.45, 2.75) is 374 Å².